The van der Waals surface area contributed by atoms with E-state index in [1.165, 1.54) is 24.3 Å². The number of aromatic carboxylic acids is 1. The Balaban J connectivity index is 1.65. The molecule has 0 aliphatic rings. The van der Waals surface area contributed by atoms with Crippen molar-refractivity contribution in [1.82, 2.24) is 4.98 Å². The van der Waals surface area contributed by atoms with Gasteiger partial charge in [-0.2, -0.15) is 0 Å². The monoisotopic (exact) mass is 400 g/mol. The second-order valence-electron chi connectivity index (χ2n) is 5.61. The van der Waals surface area contributed by atoms with E-state index in [1.807, 2.05) is 30.5 Å². The first kappa shape index (κ1) is 18.9. The van der Waals surface area contributed by atoms with Crippen molar-refractivity contribution in [1.29, 1.82) is 0 Å². The zero-order valence-corrected chi connectivity index (χ0v) is 15.7. The van der Waals surface area contributed by atoms with Crippen molar-refractivity contribution < 1.29 is 18.3 Å². The van der Waals surface area contributed by atoms with Gasteiger partial charge in [0.05, 0.1) is 10.5 Å². The molecule has 0 unspecified atom stereocenters. The quantitative estimate of drug-likeness (QED) is 0.585. The van der Waals surface area contributed by atoms with Gasteiger partial charge >= 0.3 is 5.97 Å². The van der Waals surface area contributed by atoms with Gasteiger partial charge in [-0.15, -0.1) is 11.8 Å². The van der Waals surface area contributed by atoms with Crippen molar-refractivity contribution >= 4 is 33.4 Å². The van der Waals surface area contributed by atoms with Crippen LogP contribution in [0, 0.1) is 0 Å². The molecule has 0 fully saturated rings. The van der Waals surface area contributed by atoms with Crippen molar-refractivity contribution in [2.45, 2.75) is 15.5 Å². The van der Waals surface area contributed by atoms with Gasteiger partial charge in [0.2, 0.25) is 0 Å². The molecule has 0 saturated heterocycles. The van der Waals surface area contributed by atoms with Crippen molar-refractivity contribution in [3.05, 3.63) is 84.2 Å². The SMILES string of the molecule is O=C(O)c1ccc(S(=O)(=O)Nc2ccc(SCc3cccnc3)cc2)cc1. The van der Waals surface area contributed by atoms with Gasteiger partial charge in [-0.3, -0.25) is 9.71 Å². The Kier molecular flexibility index (Phi) is 5.78. The number of nitrogens with zero attached hydrogens (tertiary/aromatic N) is 1. The lowest BCUT2D eigenvalue weighted by molar-refractivity contribution is 0.0696. The summed E-state index contributed by atoms with van der Waals surface area (Å²) < 4.78 is 27.3. The van der Waals surface area contributed by atoms with Crippen LogP contribution in [-0.2, 0) is 15.8 Å². The van der Waals surface area contributed by atoms with E-state index in [2.05, 4.69) is 9.71 Å². The van der Waals surface area contributed by atoms with Gasteiger partial charge in [-0.1, -0.05) is 6.07 Å². The van der Waals surface area contributed by atoms with Crippen LogP contribution in [0.5, 0.6) is 0 Å². The van der Waals surface area contributed by atoms with Gasteiger partial charge in [0, 0.05) is 28.7 Å². The van der Waals surface area contributed by atoms with Crippen LogP contribution >= 0.6 is 11.8 Å². The molecule has 0 saturated carbocycles. The van der Waals surface area contributed by atoms with Crippen LogP contribution in [0.4, 0.5) is 5.69 Å². The summed E-state index contributed by atoms with van der Waals surface area (Å²) in [7, 11) is -3.78. The van der Waals surface area contributed by atoms with Crippen molar-refractivity contribution in [2.75, 3.05) is 4.72 Å². The van der Waals surface area contributed by atoms with Crippen LogP contribution in [0.3, 0.4) is 0 Å². The molecule has 0 aliphatic heterocycles. The molecule has 0 bridgehead atoms. The van der Waals surface area contributed by atoms with E-state index in [0.717, 1.165) is 16.2 Å². The third-order valence-electron chi connectivity index (χ3n) is 3.65. The Labute approximate surface area is 161 Å². The second kappa shape index (κ2) is 8.24. The van der Waals surface area contributed by atoms with E-state index in [1.54, 1.807) is 30.1 Å². The van der Waals surface area contributed by atoms with Gasteiger partial charge in [0.25, 0.3) is 10.0 Å². The molecule has 138 valence electrons. The highest BCUT2D eigenvalue weighted by molar-refractivity contribution is 7.98. The van der Waals surface area contributed by atoms with E-state index >= 15 is 0 Å². The third kappa shape index (κ3) is 5.08. The first-order chi connectivity index (χ1) is 12.9. The molecule has 8 heteroatoms. The Morgan fingerprint density at radius 3 is 2.33 bits per heavy atom. The molecule has 2 aromatic carbocycles. The fourth-order valence-corrected chi connectivity index (χ4v) is 4.15. The molecule has 0 radical (unpaired) electrons. The third-order valence-corrected chi connectivity index (χ3v) is 6.13. The molecule has 27 heavy (non-hydrogen) atoms. The van der Waals surface area contributed by atoms with Crippen LogP contribution in [0.25, 0.3) is 0 Å². The predicted octanol–water partition coefficient (Wildman–Crippen LogP) is 3.87. The summed E-state index contributed by atoms with van der Waals surface area (Å²) in [4.78, 5) is 15.9. The van der Waals surface area contributed by atoms with Gasteiger partial charge < -0.3 is 5.11 Å². The lowest BCUT2D eigenvalue weighted by atomic mass is 10.2. The highest BCUT2D eigenvalue weighted by Crippen LogP contribution is 2.25. The van der Waals surface area contributed by atoms with Gasteiger partial charge in [0.1, 0.15) is 0 Å². The van der Waals surface area contributed by atoms with Crippen LogP contribution in [0.2, 0.25) is 0 Å². The van der Waals surface area contributed by atoms with Gasteiger partial charge in [0.15, 0.2) is 0 Å². The summed E-state index contributed by atoms with van der Waals surface area (Å²) in [5.74, 6) is -0.333. The Bertz CT molecular complexity index is 1020. The number of carboxylic acids is 1. The van der Waals surface area contributed by atoms with Crippen LogP contribution in [0.1, 0.15) is 15.9 Å². The number of pyridine rings is 1. The minimum absolute atomic E-state index is 0.00234. The maximum Gasteiger partial charge on any atom is 0.335 e. The molecular formula is C19H16N2O4S2. The Hall–Kier alpha value is -2.84. The van der Waals surface area contributed by atoms with E-state index < -0.39 is 16.0 Å². The number of hydrogen-bond acceptors (Lipinski definition) is 5. The summed E-state index contributed by atoms with van der Waals surface area (Å²) in [6, 6.07) is 16.0. The van der Waals surface area contributed by atoms with Gasteiger partial charge in [-0.05, 0) is 60.2 Å². The van der Waals surface area contributed by atoms with Crippen molar-refractivity contribution in [3.63, 3.8) is 0 Å². The lowest BCUT2D eigenvalue weighted by Crippen LogP contribution is -2.13. The number of benzene rings is 2. The normalized spacial score (nSPS) is 11.1. The summed E-state index contributed by atoms with van der Waals surface area (Å²) in [6.07, 6.45) is 3.54. The number of rotatable bonds is 7. The van der Waals surface area contributed by atoms with Crippen LogP contribution in [-0.4, -0.2) is 24.5 Å². The zero-order chi connectivity index (χ0) is 19.3. The number of aromatic nitrogens is 1. The summed E-state index contributed by atoms with van der Waals surface area (Å²) in [6.45, 7) is 0. The average Bonchev–Trinajstić information content (AvgIpc) is 2.68. The average molecular weight is 400 g/mol. The maximum atomic E-state index is 12.4. The minimum Gasteiger partial charge on any atom is -0.478 e. The number of sulfonamides is 1. The molecule has 3 rings (SSSR count). The Morgan fingerprint density at radius 1 is 1.04 bits per heavy atom. The van der Waals surface area contributed by atoms with Crippen molar-refractivity contribution in [2.24, 2.45) is 0 Å². The van der Waals surface area contributed by atoms with E-state index in [-0.39, 0.29) is 10.5 Å². The first-order valence-corrected chi connectivity index (χ1v) is 10.4. The summed E-state index contributed by atoms with van der Waals surface area (Å²) in [5.41, 5.74) is 1.57. The molecule has 0 amide bonds. The number of nitrogens with one attached hydrogen (secondary N) is 1. The highest BCUT2D eigenvalue weighted by atomic mass is 32.2. The molecule has 0 atom stereocenters. The molecule has 1 heterocycles. The number of anilines is 1. The predicted molar refractivity (Wildman–Crippen MR) is 104 cm³/mol. The highest BCUT2D eigenvalue weighted by Gasteiger charge is 2.15. The van der Waals surface area contributed by atoms with E-state index in [9.17, 15) is 13.2 Å². The molecule has 6 nitrogen and oxygen atoms in total. The Morgan fingerprint density at radius 2 is 1.74 bits per heavy atom. The number of thioether (sulfide) groups is 1. The maximum absolute atomic E-state index is 12.4. The number of carboxylic acid groups (broad SMARTS) is 1. The zero-order valence-electron chi connectivity index (χ0n) is 14.1. The molecular weight excluding hydrogens is 384 g/mol. The lowest BCUT2D eigenvalue weighted by Gasteiger charge is -2.09. The van der Waals surface area contributed by atoms with Crippen LogP contribution < -0.4 is 4.72 Å². The minimum atomic E-state index is -3.78. The summed E-state index contributed by atoms with van der Waals surface area (Å²) >= 11 is 1.63. The molecule has 1 aromatic heterocycles. The van der Waals surface area contributed by atoms with E-state index in [4.69, 9.17) is 5.11 Å². The fraction of sp³-hybridized carbons (Fsp3) is 0.0526. The van der Waals surface area contributed by atoms with Gasteiger partial charge in [-0.25, -0.2) is 13.2 Å². The van der Waals surface area contributed by atoms with Crippen molar-refractivity contribution in [3.8, 4) is 0 Å². The van der Waals surface area contributed by atoms with E-state index in [0.29, 0.717) is 5.69 Å². The number of carbonyl (C=O) groups is 1. The van der Waals surface area contributed by atoms with Crippen LogP contribution in [0.15, 0.2) is 82.8 Å². The molecule has 3 aromatic rings. The smallest absolute Gasteiger partial charge is 0.335 e. The second-order valence-corrected chi connectivity index (χ2v) is 8.34. The number of hydrogen-bond donors (Lipinski definition) is 2. The standard InChI is InChI=1S/C19H16N2O4S2/c22-19(23)15-3-9-18(10-4-15)27(24,25)21-16-5-7-17(8-6-16)26-13-14-2-1-11-20-12-14/h1-12,21H,13H2,(H,22,23). The largest absolute Gasteiger partial charge is 0.478 e. The molecule has 0 aliphatic carbocycles. The fourth-order valence-electron chi connectivity index (χ4n) is 2.26. The topological polar surface area (TPSA) is 96.4 Å². The summed E-state index contributed by atoms with van der Waals surface area (Å²) in [5, 5.41) is 8.89. The molecule has 2 N–H and O–H groups in total. The molecule has 0 spiro atoms. The first-order valence-electron chi connectivity index (χ1n) is 7.92.